The predicted octanol–water partition coefficient (Wildman–Crippen LogP) is 13.4. The maximum Gasteiger partial charge on any atom is 0.223 e. The molecule has 10 heteroatoms. The number of H-pyrrole nitrogens is 1. The Morgan fingerprint density at radius 3 is 1.52 bits per heavy atom. The number of aromatic nitrogens is 1. The molecule has 0 bridgehead atoms. The van der Waals surface area contributed by atoms with E-state index in [1.165, 1.54) is 16.5 Å². The Labute approximate surface area is 406 Å². The van der Waals surface area contributed by atoms with E-state index >= 15 is 0 Å². The first-order valence-corrected chi connectivity index (χ1v) is 23.6. The van der Waals surface area contributed by atoms with Gasteiger partial charge in [0.25, 0.3) is 0 Å². The number of aliphatic imine (C=N–C) groups is 2. The number of fused-ring (bicyclic) bond motifs is 3. The van der Waals surface area contributed by atoms with Crippen molar-refractivity contribution >= 4 is 45.4 Å². The molecule has 0 amide bonds. The molecule has 5 aromatic carbocycles. The van der Waals surface area contributed by atoms with E-state index in [1.54, 1.807) is 14.1 Å². The molecule has 2 aliphatic rings. The fraction of sp³-hybridized carbons (Fsp3) is 0.288. The first-order chi connectivity index (χ1) is 33.1. The minimum Gasteiger partial charge on any atom is -0.493 e. The van der Waals surface area contributed by atoms with Gasteiger partial charge in [-0.15, -0.1) is 0 Å². The smallest absolute Gasteiger partial charge is 0.223 e. The van der Waals surface area contributed by atoms with Crippen LogP contribution in [0.2, 0.25) is 0 Å². The number of allylic oxidation sites excluding steroid dienone is 2. The van der Waals surface area contributed by atoms with Gasteiger partial charge in [0.05, 0.1) is 18.7 Å². The van der Waals surface area contributed by atoms with E-state index in [0.717, 1.165) is 51.7 Å². The number of hydrogen-bond donors (Lipinski definition) is 3. The molecule has 0 spiro atoms. The van der Waals surface area contributed by atoms with Crippen LogP contribution in [0.3, 0.4) is 0 Å². The second kappa shape index (κ2) is 20.8. The van der Waals surface area contributed by atoms with Gasteiger partial charge in [0.1, 0.15) is 23.9 Å². The molecule has 6 aromatic rings. The van der Waals surface area contributed by atoms with Gasteiger partial charge in [-0.25, -0.2) is 0 Å². The van der Waals surface area contributed by atoms with Gasteiger partial charge in [0.15, 0.2) is 0 Å². The summed E-state index contributed by atoms with van der Waals surface area (Å²) in [6.07, 6.45) is 13.8. The molecule has 0 saturated heterocycles. The van der Waals surface area contributed by atoms with E-state index in [0.29, 0.717) is 54.2 Å². The summed E-state index contributed by atoms with van der Waals surface area (Å²) in [6, 6.07) is 36.3. The maximum atomic E-state index is 8.64. The van der Waals surface area contributed by atoms with E-state index < -0.39 is 0 Å². The summed E-state index contributed by atoms with van der Waals surface area (Å²) in [5.74, 6) is 3.25. The normalized spacial score (nSPS) is 16.5. The van der Waals surface area contributed by atoms with Crippen LogP contribution >= 0.6 is 0 Å². The largest absolute Gasteiger partial charge is 0.493 e. The third kappa shape index (κ3) is 12.0. The molecule has 354 valence electrons. The molecule has 8 rings (SSSR count). The summed E-state index contributed by atoms with van der Waals surface area (Å²) < 4.78 is 31.3. The zero-order chi connectivity index (χ0) is 48.7. The maximum absolute atomic E-state index is 8.64. The summed E-state index contributed by atoms with van der Waals surface area (Å²) in [5, 5.41) is 19.6. The van der Waals surface area contributed by atoms with Crippen molar-refractivity contribution in [2.45, 2.75) is 71.8 Å². The Balaban J connectivity index is 0.905. The Morgan fingerprint density at radius 2 is 1.06 bits per heavy atom. The highest BCUT2D eigenvalue weighted by Gasteiger charge is 2.21. The van der Waals surface area contributed by atoms with Crippen LogP contribution in [0, 0.1) is 22.7 Å². The summed E-state index contributed by atoms with van der Waals surface area (Å²) in [6.45, 7) is 14.2. The third-order valence-corrected chi connectivity index (χ3v) is 12.5. The number of hydrogen-bond acceptors (Lipinski definition) is 9. The summed E-state index contributed by atoms with van der Waals surface area (Å²) >= 11 is 0. The van der Waals surface area contributed by atoms with Crippen molar-refractivity contribution in [1.29, 1.82) is 10.8 Å². The van der Waals surface area contributed by atoms with Gasteiger partial charge < -0.3 is 28.7 Å². The van der Waals surface area contributed by atoms with Crippen molar-refractivity contribution in [3.63, 3.8) is 0 Å². The second-order valence-corrected chi connectivity index (χ2v) is 19.7. The molecule has 10 nitrogen and oxygen atoms in total. The molecular formula is C59H63N5O5. The number of nitrogens with zero attached hydrogens (tertiary/aromatic N) is 2. The second-order valence-electron chi connectivity index (χ2n) is 19.7. The quantitative estimate of drug-likeness (QED) is 0.0783. The molecule has 2 atom stereocenters. The van der Waals surface area contributed by atoms with Gasteiger partial charge in [-0.1, -0.05) is 120 Å². The molecule has 2 unspecified atom stereocenters. The summed E-state index contributed by atoms with van der Waals surface area (Å²) in [7, 11) is 3.36. The number of ether oxygens (including phenoxy) is 5. The molecule has 1 heterocycles. The molecule has 0 fully saturated rings. The van der Waals surface area contributed by atoms with Crippen LogP contribution in [-0.4, -0.2) is 55.9 Å². The Hall–Kier alpha value is -7.46. The van der Waals surface area contributed by atoms with Gasteiger partial charge in [-0.2, -0.15) is 0 Å². The van der Waals surface area contributed by atoms with Crippen molar-refractivity contribution in [3.8, 4) is 17.2 Å². The number of nitrogens with one attached hydrogen (secondary N) is 3. The van der Waals surface area contributed by atoms with Gasteiger partial charge >= 0.3 is 0 Å². The monoisotopic (exact) mass is 921 g/mol. The SMILES string of the molecule is C/N=C(\OC(=N)c1ccc(C(C)(C)C)cc1)C1=CCC(COc2cc(COc3ccc4c(c3)[nH]c3ccccc34)cc(OCC3C=CC(/C(=N/C)OC(=N)c4ccc(C(C)(C)C)cc4)=CC3)c2)C=C1. The first-order valence-electron chi connectivity index (χ1n) is 23.6. The molecule has 3 N–H and O–H groups in total. The minimum atomic E-state index is 0.0238. The highest BCUT2D eigenvalue weighted by Crippen LogP contribution is 2.32. The molecule has 0 radical (unpaired) electrons. The van der Waals surface area contributed by atoms with E-state index in [2.05, 4.69) is 105 Å². The lowest BCUT2D eigenvalue weighted by Crippen LogP contribution is -2.18. The summed E-state index contributed by atoms with van der Waals surface area (Å²) in [4.78, 5) is 12.3. The zero-order valence-electron chi connectivity index (χ0n) is 41.0. The van der Waals surface area contributed by atoms with Crippen molar-refractivity contribution < 1.29 is 23.7 Å². The molecule has 2 aliphatic carbocycles. The van der Waals surface area contributed by atoms with Crippen LogP contribution < -0.4 is 14.2 Å². The highest BCUT2D eigenvalue weighted by atomic mass is 16.5. The van der Waals surface area contributed by atoms with E-state index in [-0.39, 0.29) is 34.5 Å². The fourth-order valence-corrected chi connectivity index (χ4v) is 8.29. The zero-order valence-corrected chi connectivity index (χ0v) is 41.0. The van der Waals surface area contributed by atoms with Gasteiger partial charge in [0, 0.05) is 76.6 Å². The van der Waals surface area contributed by atoms with Gasteiger partial charge in [0.2, 0.25) is 23.6 Å². The average molecular weight is 922 g/mol. The lowest BCUT2D eigenvalue weighted by Gasteiger charge is -2.21. The Bertz CT molecular complexity index is 2880. The van der Waals surface area contributed by atoms with Crippen LogP contribution in [0.4, 0.5) is 0 Å². The van der Waals surface area contributed by atoms with E-state index in [1.807, 2.05) is 97.1 Å². The van der Waals surface area contributed by atoms with Gasteiger partial charge in [-0.05, 0) is 95.0 Å². The minimum absolute atomic E-state index is 0.0238. The third-order valence-electron chi connectivity index (χ3n) is 12.5. The lowest BCUT2D eigenvalue weighted by atomic mass is 9.87. The van der Waals surface area contributed by atoms with Crippen LogP contribution in [0.25, 0.3) is 21.8 Å². The number of benzene rings is 5. The Kier molecular flexibility index (Phi) is 14.5. The standard InChI is InChI=1S/C59H63N5O5/c1-58(2,3)45-25-21-41(22-26-45)54(60)68-56(62-7)43-17-13-38(14-18-43)35-66-48-31-40(37-65-47-29-30-51-50-11-9-10-12-52(50)64-53(51)34-47)32-49(33-48)67-36-39-15-19-44(20-16-39)57(63-8)69-55(61)42-23-27-46(28-24-42)59(4,5)6/h9-13,15,17-34,38-39,60-61,64H,14,16,35-37H2,1-8H3/b60-54?,61-55?,62-56-,63-57-. The molecule has 0 saturated carbocycles. The first kappa shape index (κ1) is 48.0. The lowest BCUT2D eigenvalue weighted by molar-refractivity contribution is 0.259. The number of rotatable bonds is 13. The van der Waals surface area contributed by atoms with Crippen LogP contribution in [-0.2, 0) is 26.9 Å². The van der Waals surface area contributed by atoms with Crippen molar-refractivity contribution in [2.24, 2.45) is 21.8 Å². The van der Waals surface area contributed by atoms with Gasteiger partial charge in [-0.3, -0.25) is 20.8 Å². The van der Waals surface area contributed by atoms with Crippen LogP contribution in [0.1, 0.15) is 82.2 Å². The van der Waals surface area contributed by atoms with E-state index in [9.17, 15) is 0 Å². The molecule has 69 heavy (non-hydrogen) atoms. The number of aromatic amines is 1. The van der Waals surface area contributed by atoms with Crippen LogP contribution in [0.5, 0.6) is 17.2 Å². The van der Waals surface area contributed by atoms with Crippen molar-refractivity contribution in [1.82, 2.24) is 4.98 Å². The highest BCUT2D eigenvalue weighted by molar-refractivity contribution is 6.09. The van der Waals surface area contributed by atoms with E-state index in [4.69, 9.17) is 34.5 Å². The Morgan fingerprint density at radius 1 is 0.565 bits per heavy atom. The van der Waals surface area contributed by atoms with Crippen LogP contribution in [0.15, 0.2) is 167 Å². The van der Waals surface area contributed by atoms with Crippen molar-refractivity contribution in [3.05, 3.63) is 185 Å². The molecular weight excluding hydrogens is 859 g/mol. The topological polar surface area (TPSA) is 134 Å². The van der Waals surface area contributed by atoms with Crippen molar-refractivity contribution in [2.75, 3.05) is 27.3 Å². The summed E-state index contributed by atoms with van der Waals surface area (Å²) in [5.41, 5.74) is 8.52. The average Bonchev–Trinajstić information content (AvgIpc) is 3.73. The fourth-order valence-electron chi connectivity index (χ4n) is 8.29. The number of para-hydroxylation sites is 1. The molecule has 0 aliphatic heterocycles. The molecule has 1 aromatic heterocycles. The predicted molar refractivity (Wildman–Crippen MR) is 281 cm³/mol.